The van der Waals surface area contributed by atoms with Crippen molar-refractivity contribution >= 4 is 40.3 Å². The lowest BCUT2D eigenvalue weighted by Crippen LogP contribution is -2.11. The first-order valence-electron chi connectivity index (χ1n) is 5.48. The zero-order chi connectivity index (χ0) is 14.0. The number of nitrogens with zero attached hydrogens (tertiary/aromatic N) is 1. The van der Waals surface area contributed by atoms with Crippen molar-refractivity contribution in [3.8, 4) is 6.07 Å². The average molecular weight is 310 g/mol. The van der Waals surface area contributed by atoms with Crippen LogP contribution in [0.25, 0.3) is 0 Å². The smallest absolute Gasteiger partial charge is 0.194 e. The normalized spacial score (nSPS) is 11.9. The molecule has 5 heteroatoms. The number of hydrogen-bond donors (Lipinski definition) is 0. The second kappa shape index (κ2) is 5.75. The molecule has 0 saturated carbocycles. The molecular formula is C14H9Cl2NOS. The van der Waals surface area contributed by atoms with Gasteiger partial charge in [-0.1, -0.05) is 29.3 Å². The molecule has 0 aliphatic rings. The number of halogens is 2. The van der Waals surface area contributed by atoms with Crippen molar-refractivity contribution in [2.45, 2.75) is 12.8 Å². The molecule has 1 heterocycles. The van der Waals surface area contributed by atoms with Crippen molar-refractivity contribution in [1.29, 1.82) is 5.26 Å². The second-order valence-corrected chi connectivity index (χ2v) is 6.07. The van der Waals surface area contributed by atoms with E-state index in [2.05, 4.69) is 0 Å². The molecule has 2 rings (SSSR count). The van der Waals surface area contributed by atoms with Gasteiger partial charge in [0.15, 0.2) is 5.78 Å². The molecule has 2 aromatic rings. The van der Waals surface area contributed by atoms with Gasteiger partial charge < -0.3 is 0 Å². The maximum atomic E-state index is 12.4. The molecule has 0 fully saturated rings. The van der Waals surface area contributed by atoms with Gasteiger partial charge in [0.1, 0.15) is 5.92 Å². The number of benzene rings is 1. The SMILES string of the molecule is Cc1ccc(C(=O)C(C#N)c2c(Cl)cccc2Cl)s1. The number of aryl methyl sites for hydroxylation is 1. The van der Waals surface area contributed by atoms with Crippen LogP contribution in [0.1, 0.15) is 26.0 Å². The first kappa shape index (κ1) is 14.1. The number of carbonyl (C=O) groups is 1. The fourth-order valence-corrected chi connectivity index (χ4v) is 3.20. The van der Waals surface area contributed by atoms with Gasteiger partial charge in [-0.25, -0.2) is 0 Å². The monoisotopic (exact) mass is 309 g/mol. The third-order valence-electron chi connectivity index (χ3n) is 2.66. The van der Waals surface area contributed by atoms with Crippen LogP contribution in [0, 0.1) is 18.3 Å². The number of nitriles is 1. The molecule has 96 valence electrons. The minimum atomic E-state index is -0.973. The summed E-state index contributed by atoms with van der Waals surface area (Å²) in [7, 11) is 0. The quantitative estimate of drug-likeness (QED) is 0.760. The van der Waals surface area contributed by atoms with E-state index in [-0.39, 0.29) is 5.78 Å². The maximum Gasteiger partial charge on any atom is 0.194 e. The van der Waals surface area contributed by atoms with Crippen molar-refractivity contribution < 1.29 is 4.79 Å². The highest BCUT2D eigenvalue weighted by atomic mass is 35.5. The predicted octanol–water partition coefficient (Wildman–Crippen LogP) is 4.85. The fourth-order valence-electron chi connectivity index (χ4n) is 1.75. The maximum absolute atomic E-state index is 12.4. The van der Waals surface area contributed by atoms with Crippen molar-refractivity contribution in [2.24, 2.45) is 0 Å². The summed E-state index contributed by atoms with van der Waals surface area (Å²) in [5, 5.41) is 9.95. The van der Waals surface area contributed by atoms with E-state index < -0.39 is 5.92 Å². The van der Waals surface area contributed by atoms with Crippen LogP contribution in [0.15, 0.2) is 30.3 Å². The van der Waals surface area contributed by atoms with Gasteiger partial charge >= 0.3 is 0 Å². The Morgan fingerprint density at radius 3 is 2.37 bits per heavy atom. The molecule has 19 heavy (non-hydrogen) atoms. The van der Waals surface area contributed by atoms with E-state index in [1.54, 1.807) is 24.3 Å². The van der Waals surface area contributed by atoms with Crippen LogP contribution in [-0.2, 0) is 0 Å². The number of carbonyl (C=O) groups excluding carboxylic acids is 1. The Labute approximate surface area is 125 Å². The fraction of sp³-hybridized carbons (Fsp3) is 0.143. The minimum Gasteiger partial charge on any atom is -0.291 e. The molecule has 1 atom stereocenters. The summed E-state index contributed by atoms with van der Waals surface area (Å²) in [6.45, 7) is 1.91. The molecule has 0 aliphatic carbocycles. The minimum absolute atomic E-state index is 0.268. The van der Waals surface area contributed by atoms with Gasteiger partial charge in [0.2, 0.25) is 0 Å². The first-order chi connectivity index (χ1) is 9.04. The zero-order valence-corrected chi connectivity index (χ0v) is 12.3. The predicted molar refractivity (Wildman–Crippen MR) is 78.2 cm³/mol. The Morgan fingerprint density at radius 2 is 1.89 bits per heavy atom. The van der Waals surface area contributed by atoms with Crippen LogP contribution < -0.4 is 0 Å². The highest BCUT2D eigenvalue weighted by Gasteiger charge is 2.27. The third-order valence-corrected chi connectivity index (χ3v) is 4.34. The molecule has 0 N–H and O–H groups in total. The Bertz CT molecular complexity index is 652. The average Bonchev–Trinajstić information content (AvgIpc) is 2.80. The van der Waals surface area contributed by atoms with E-state index in [4.69, 9.17) is 23.2 Å². The van der Waals surface area contributed by atoms with Crippen molar-refractivity contribution in [3.05, 3.63) is 55.7 Å². The lowest BCUT2D eigenvalue weighted by Gasteiger charge is -2.11. The van der Waals surface area contributed by atoms with Crippen LogP contribution in [0.2, 0.25) is 10.0 Å². The highest BCUT2D eigenvalue weighted by Crippen LogP contribution is 2.34. The van der Waals surface area contributed by atoms with Crippen LogP contribution in [-0.4, -0.2) is 5.78 Å². The number of hydrogen-bond acceptors (Lipinski definition) is 3. The molecule has 0 amide bonds. The van der Waals surface area contributed by atoms with Gasteiger partial charge in [-0.3, -0.25) is 4.79 Å². The number of thiophene rings is 1. The van der Waals surface area contributed by atoms with Gasteiger partial charge in [0.25, 0.3) is 0 Å². The van der Waals surface area contributed by atoms with Crippen LogP contribution in [0.4, 0.5) is 0 Å². The topological polar surface area (TPSA) is 40.9 Å². The summed E-state index contributed by atoms with van der Waals surface area (Å²) < 4.78 is 0. The third kappa shape index (κ3) is 2.82. The summed E-state index contributed by atoms with van der Waals surface area (Å²) in [5.74, 6) is -1.24. The van der Waals surface area contributed by atoms with Gasteiger partial charge in [-0.2, -0.15) is 5.26 Å². The largest absolute Gasteiger partial charge is 0.291 e. The lowest BCUT2D eigenvalue weighted by molar-refractivity contribution is 0.0983. The number of Topliss-reactive ketones (excluding diaryl/α,β-unsaturated/α-hetero) is 1. The van der Waals surface area contributed by atoms with Gasteiger partial charge in [-0.05, 0) is 31.2 Å². The Kier molecular flexibility index (Phi) is 4.26. The van der Waals surface area contributed by atoms with Crippen molar-refractivity contribution in [1.82, 2.24) is 0 Å². The van der Waals surface area contributed by atoms with Crippen LogP contribution >= 0.6 is 34.5 Å². The molecule has 0 saturated heterocycles. The Morgan fingerprint density at radius 1 is 1.26 bits per heavy atom. The first-order valence-corrected chi connectivity index (χ1v) is 7.06. The molecule has 0 aliphatic heterocycles. The summed E-state index contributed by atoms with van der Waals surface area (Å²) in [4.78, 5) is 13.9. The second-order valence-electron chi connectivity index (χ2n) is 3.97. The van der Waals surface area contributed by atoms with Crippen LogP contribution in [0.5, 0.6) is 0 Å². The van der Waals surface area contributed by atoms with Crippen molar-refractivity contribution in [2.75, 3.05) is 0 Å². The summed E-state index contributed by atoms with van der Waals surface area (Å²) in [6, 6.07) is 10.5. The number of ketones is 1. The van der Waals surface area contributed by atoms with Gasteiger partial charge in [-0.15, -0.1) is 11.3 Å². The summed E-state index contributed by atoms with van der Waals surface area (Å²) in [5.41, 5.74) is 0.379. The standard InChI is InChI=1S/C14H9Cl2NOS/c1-8-5-6-12(19-8)14(18)9(7-17)13-10(15)3-2-4-11(13)16/h2-6,9H,1H3. The molecule has 1 aromatic heterocycles. The van der Waals surface area contributed by atoms with E-state index >= 15 is 0 Å². The lowest BCUT2D eigenvalue weighted by atomic mass is 9.95. The van der Waals surface area contributed by atoms with E-state index in [0.717, 1.165) is 4.88 Å². The molecule has 1 unspecified atom stereocenters. The molecule has 2 nitrogen and oxygen atoms in total. The van der Waals surface area contributed by atoms with Crippen molar-refractivity contribution in [3.63, 3.8) is 0 Å². The summed E-state index contributed by atoms with van der Waals surface area (Å²) >= 11 is 13.5. The Hall–Kier alpha value is -1.34. The molecule has 0 bridgehead atoms. The van der Waals surface area contributed by atoms with E-state index in [0.29, 0.717) is 20.5 Å². The Balaban J connectivity index is 2.47. The van der Waals surface area contributed by atoms with E-state index in [1.807, 2.05) is 19.1 Å². The van der Waals surface area contributed by atoms with E-state index in [9.17, 15) is 10.1 Å². The summed E-state index contributed by atoms with van der Waals surface area (Å²) in [6.07, 6.45) is 0. The van der Waals surface area contributed by atoms with Crippen LogP contribution in [0.3, 0.4) is 0 Å². The molecule has 0 spiro atoms. The van der Waals surface area contributed by atoms with Gasteiger partial charge in [0.05, 0.1) is 10.9 Å². The molecule has 0 radical (unpaired) electrons. The molecule has 1 aromatic carbocycles. The zero-order valence-electron chi connectivity index (χ0n) is 9.98. The molecular weight excluding hydrogens is 301 g/mol. The number of rotatable bonds is 3. The highest BCUT2D eigenvalue weighted by molar-refractivity contribution is 7.14. The van der Waals surface area contributed by atoms with Gasteiger partial charge in [0, 0.05) is 20.5 Å². The van der Waals surface area contributed by atoms with E-state index in [1.165, 1.54) is 11.3 Å².